The van der Waals surface area contributed by atoms with Crippen LogP contribution in [0.3, 0.4) is 0 Å². The molecule has 128 valence electrons. The van der Waals surface area contributed by atoms with Gasteiger partial charge in [-0.3, -0.25) is 0 Å². The van der Waals surface area contributed by atoms with Gasteiger partial charge in [0.25, 0.3) is 0 Å². The van der Waals surface area contributed by atoms with E-state index in [0.717, 1.165) is 25.1 Å². The van der Waals surface area contributed by atoms with Crippen molar-refractivity contribution >= 4 is 6.03 Å². The molecule has 6 heteroatoms. The van der Waals surface area contributed by atoms with Gasteiger partial charge in [0.15, 0.2) is 0 Å². The maximum absolute atomic E-state index is 12.6. The van der Waals surface area contributed by atoms with Crippen LogP contribution in [0.25, 0.3) is 0 Å². The summed E-state index contributed by atoms with van der Waals surface area (Å²) in [5, 5.41) is 3.08. The Morgan fingerprint density at radius 2 is 2.29 bits per heavy atom. The zero-order valence-electron chi connectivity index (χ0n) is 14.2. The first kappa shape index (κ1) is 16.4. The van der Waals surface area contributed by atoms with Crippen LogP contribution in [0.1, 0.15) is 24.5 Å². The maximum atomic E-state index is 12.6. The molecule has 0 fully saturated rings. The largest absolute Gasteiger partial charge is 0.497 e. The summed E-state index contributed by atoms with van der Waals surface area (Å²) in [7, 11) is 1.68. The lowest BCUT2D eigenvalue weighted by atomic mass is 10.0. The van der Waals surface area contributed by atoms with E-state index in [-0.39, 0.29) is 12.1 Å². The van der Waals surface area contributed by atoms with Gasteiger partial charge in [-0.1, -0.05) is 6.07 Å². The Kier molecular flexibility index (Phi) is 5.03. The van der Waals surface area contributed by atoms with Crippen molar-refractivity contribution in [1.29, 1.82) is 0 Å². The molecule has 0 saturated heterocycles. The fraction of sp³-hybridized carbons (Fsp3) is 0.444. The van der Waals surface area contributed by atoms with Crippen LogP contribution in [0.5, 0.6) is 5.75 Å². The normalized spacial score (nSPS) is 15.3. The second kappa shape index (κ2) is 7.38. The number of aryl methyl sites for hydroxylation is 1. The van der Waals surface area contributed by atoms with Crippen molar-refractivity contribution in [1.82, 2.24) is 19.8 Å². The molecular formula is C18H24N4O2. The third-order valence-electron chi connectivity index (χ3n) is 4.35. The fourth-order valence-electron chi connectivity index (χ4n) is 3.09. The molecule has 0 saturated carbocycles. The predicted molar refractivity (Wildman–Crippen MR) is 91.9 cm³/mol. The number of methoxy groups -OCH3 is 1. The first-order chi connectivity index (χ1) is 11.7. The van der Waals surface area contributed by atoms with Gasteiger partial charge in [-0.05, 0) is 43.0 Å². The average Bonchev–Trinajstić information content (AvgIpc) is 2.97. The number of amides is 2. The number of nitrogens with one attached hydrogen (secondary N) is 1. The molecule has 24 heavy (non-hydrogen) atoms. The summed E-state index contributed by atoms with van der Waals surface area (Å²) in [6, 6.07) is 6.14. The van der Waals surface area contributed by atoms with Gasteiger partial charge in [0.1, 0.15) is 5.75 Å². The standard InChI is InChI=1S/C18H24N4O2/c1-14(11-21-9-7-19-13-21)20-18(23)22-8-3-4-15-10-17(24-2)6-5-16(15)12-22/h5-7,9-10,13-14H,3-4,8,11-12H2,1-2H3,(H,20,23). The molecule has 0 radical (unpaired) electrons. The van der Waals surface area contributed by atoms with E-state index >= 15 is 0 Å². The Balaban J connectivity index is 1.62. The van der Waals surface area contributed by atoms with Crippen LogP contribution in [0.2, 0.25) is 0 Å². The van der Waals surface area contributed by atoms with Crippen molar-refractivity contribution in [2.75, 3.05) is 13.7 Å². The van der Waals surface area contributed by atoms with Gasteiger partial charge in [0, 0.05) is 38.1 Å². The van der Waals surface area contributed by atoms with Crippen molar-refractivity contribution in [2.45, 2.75) is 38.9 Å². The highest BCUT2D eigenvalue weighted by Gasteiger charge is 2.20. The molecule has 2 amide bonds. The molecule has 1 aliphatic rings. The van der Waals surface area contributed by atoms with Gasteiger partial charge in [-0.2, -0.15) is 0 Å². The maximum Gasteiger partial charge on any atom is 0.317 e. The van der Waals surface area contributed by atoms with Gasteiger partial charge < -0.3 is 19.5 Å². The van der Waals surface area contributed by atoms with Crippen molar-refractivity contribution in [2.24, 2.45) is 0 Å². The highest BCUT2D eigenvalue weighted by Crippen LogP contribution is 2.23. The predicted octanol–water partition coefficient (Wildman–Crippen LogP) is 2.44. The van der Waals surface area contributed by atoms with Crippen LogP contribution in [0.4, 0.5) is 4.79 Å². The van der Waals surface area contributed by atoms with Crippen LogP contribution in [-0.2, 0) is 19.5 Å². The Morgan fingerprint density at radius 3 is 3.04 bits per heavy atom. The van der Waals surface area contributed by atoms with E-state index in [4.69, 9.17) is 4.74 Å². The molecule has 1 aromatic carbocycles. The Bertz CT molecular complexity index is 684. The van der Waals surface area contributed by atoms with E-state index in [0.29, 0.717) is 13.1 Å². The fourth-order valence-corrected chi connectivity index (χ4v) is 3.09. The van der Waals surface area contributed by atoms with Crippen molar-refractivity contribution in [3.63, 3.8) is 0 Å². The molecule has 2 aromatic rings. The second-order valence-corrected chi connectivity index (χ2v) is 6.27. The van der Waals surface area contributed by atoms with Crippen LogP contribution >= 0.6 is 0 Å². The van der Waals surface area contributed by atoms with Gasteiger partial charge in [0.2, 0.25) is 0 Å². The molecule has 0 spiro atoms. The third kappa shape index (κ3) is 3.88. The lowest BCUT2D eigenvalue weighted by Crippen LogP contribution is -2.44. The Morgan fingerprint density at radius 1 is 1.42 bits per heavy atom. The van der Waals surface area contributed by atoms with Crippen molar-refractivity contribution in [3.8, 4) is 5.75 Å². The number of benzene rings is 1. The number of carbonyl (C=O) groups is 1. The SMILES string of the molecule is COc1ccc2c(c1)CCCN(C(=O)NC(C)Cn1ccnc1)C2. The molecule has 0 bridgehead atoms. The second-order valence-electron chi connectivity index (χ2n) is 6.27. The van der Waals surface area contributed by atoms with E-state index in [2.05, 4.69) is 22.4 Å². The Labute approximate surface area is 142 Å². The molecule has 0 aliphatic carbocycles. The minimum atomic E-state index is -0.00807. The van der Waals surface area contributed by atoms with Gasteiger partial charge in [-0.15, -0.1) is 0 Å². The average molecular weight is 328 g/mol. The van der Waals surface area contributed by atoms with E-state index in [1.54, 1.807) is 19.6 Å². The summed E-state index contributed by atoms with van der Waals surface area (Å²) >= 11 is 0. The number of aromatic nitrogens is 2. The monoisotopic (exact) mass is 328 g/mol. The number of ether oxygens (including phenoxy) is 1. The van der Waals surface area contributed by atoms with Crippen LogP contribution in [0.15, 0.2) is 36.9 Å². The van der Waals surface area contributed by atoms with Gasteiger partial charge in [-0.25, -0.2) is 9.78 Å². The lowest BCUT2D eigenvalue weighted by molar-refractivity contribution is 0.191. The summed E-state index contributed by atoms with van der Waals surface area (Å²) in [6.45, 7) is 4.13. The van der Waals surface area contributed by atoms with Crippen LogP contribution < -0.4 is 10.1 Å². The molecular weight excluding hydrogens is 304 g/mol. The molecule has 1 aromatic heterocycles. The highest BCUT2D eigenvalue weighted by atomic mass is 16.5. The van der Waals surface area contributed by atoms with E-state index < -0.39 is 0 Å². The number of hydrogen-bond donors (Lipinski definition) is 1. The molecule has 6 nitrogen and oxygen atoms in total. The molecule has 2 heterocycles. The zero-order valence-corrected chi connectivity index (χ0v) is 14.2. The lowest BCUT2D eigenvalue weighted by Gasteiger charge is -2.24. The summed E-state index contributed by atoms with van der Waals surface area (Å²) in [5.41, 5.74) is 2.47. The number of fused-ring (bicyclic) bond motifs is 1. The van der Waals surface area contributed by atoms with Crippen molar-refractivity contribution < 1.29 is 9.53 Å². The minimum absolute atomic E-state index is 0.00807. The smallest absolute Gasteiger partial charge is 0.317 e. The number of imidazole rings is 1. The van der Waals surface area contributed by atoms with Crippen LogP contribution in [-0.4, -0.2) is 40.2 Å². The molecule has 1 N–H and O–H groups in total. The quantitative estimate of drug-likeness (QED) is 0.938. The van der Waals surface area contributed by atoms with E-state index in [9.17, 15) is 4.79 Å². The topological polar surface area (TPSA) is 59.4 Å². The molecule has 1 aliphatic heterocycles. The van der Waals surface area contributed by atoms with E-state index in [1.807, 2.05) is 28.7 Å². The highest BCUT2D eigenvalue weighted by molar-refractivity contribution is 5.74. The zero-order chi connectivity index (χ0) is 16.9. The summed E-state index contributed by atoms with van der Waals surface area (Å²) in [6.07, 6.45) is 7.34. The number of rotatable bonds is 4. The Hall–Kier alpha value is -2.50. The molecule has 3 rings (SSSR count). The summed E-state index contributed by atoms with van der Waals surface area (Å²) in [5.74, 6) is 0.876. The van der Waals surface area contributed by atoms with Gasteiger partial charge in [0.05, 0.1) is 13.4 Å². The first-order valence-corrected chi connectivity index (χ1v) is 8.32. The number of hydrogen-bond acceptors (Lipinski definition) is 3. The number of carbonyl (C=O) groups excluding carboxylic acids is 1. The number of nitrogens with zero attached hydrogens (tertiary/aromatic N) is 3. The van der Waals surface area contributed by atoms with Crippen LogP contribution in [0, 0.1) is 0 Å². The minimum Gasteiger partial charge on any atom is -0.497 e. The third-order valence-corrected chi connectivity index (χ3v) is 4.35. The van der Waals surface area contributed by atoms with Crippen molar-refractivity contribution in [3.05, 3.63) is 48.0 Å². The number of urea groups is 1. The first-order valence-electron chi connectivity index (χ1n) is 8.32. The summed E-state index contributed by atoms with van der Waals surface area (Å²) in [4.78, 5) is 18.5. The summed E-state index contributed by atoms with van der Waals surface area (Å²) < 4.78 is 7.26. The molecule has 1 unspecified atom stereocenters. The molecule has 1 atom stereocenters. The van der Waals surface area contributed by atoms with E-state index in [1.165, 1.54) is 11.1 Å². The van der Waals surface area contributed by atoms with Gasteiger partial charge >= 0.3 is 6.03 Å².